The number of nitrogens with zero attached hydrogens (tertiary/aromatic N) is 3. The summed E-state index contributed by atoms with van der Waals surface area (Å²) in [6.07, 6.45) is 0. The van der Waals surface area contributed by atoms with Crippen molar-refractivity contribution in [2.75, 3.05) is 19.4 Å². The second-order valence-corrected chi connectivity index (χ2v) is 7.61. The van der Waals surface area contributed by atoms with E-state index in [1.165, 1.54) is 38.4 Å². The van der Waals surface area contributed by atoms with Gasteiger partial charge >= 0.3 is 0 Å². The van der Waals surface area contributed by atoms with Crippen LogP contribution in [0, 0.1) is 20.2 Å². The van der Waals surface area contributed by atoms with Crippen molar-refractivity contribution in [1.82, 2.24) is 4.31 Å². The quantitative estimate of drug-likeness (QED) is 0.581. The molecule has 0 aliphatic heterocycles. The largest absolute Gasteiger partial charge is 0.321 e. The van der Waals surface area contributed by atoms with Gasteiger partial charge in [-0.2, -0.15) is 0 Å². The fourth-order valence-corrected chi connectivity index (χ4v) is 3.16. The molecule has 0 fully saturated rings. The number of rotatable bonds is 6. The highest BCUT2D eigenvalue weighted by Crippen LogP contribution is 2.26. The lowest BCUT2D eigenvalue weighted by Gasteiger charge is -2.15. The predicted octanol–water partition coefficient (Wildman–Crippen LogP) is 2.01. The molecule has 1 amide bonds. The Bertz CT molecular complexity index is 1000. The van der Waals surface area contributed by atoms with Crippen molar-refractivity contribution >= 4 is 33.0 Å². The van der Waals surface area contributed by atoms with Crippen LogP contribution in [0.5, 0.6) is 0 Å². The molecule has 12 heteroatoms. The van der Waals surface area contributed by atoms with Crippen LogP contribution in [0.3, 0.4) is 0 Å². The molecule has 0 unspecified atom stereocenters. The lowest BCUT2D eigenvalue weighted by Crippen LogP contribution is -2.24. The third-order valence-corrected chi connectivity index (χ3v) is 5.35. The van der Waals surface area contributed by atoms with Crippen LogP contribution in [0.1, 0.15) is 10.4 Å². The lowest BCUT2D eigenvalue weighted by molar-refractivity contribution is -0.394. The maximum Gasteiger partial charge on any atom is 0.277 e. The van der Waals surface area contributed by atoms with E-state index in [9.17, 15) is 33.4 Å². The van der Waals surface area contributed by atoms with Gasteiger partial charge in [0.2, 0.25) is 10.0 Å². The van der Waals surface area contributed by atoms with Gasteiger partial charge in [-0.25, -0.2) is 12.7 Å². The van der Waals surface area contributed by atoms with Gasteiger partial charge in [0, 0.05) is 26.2 Å². The number of para-hydroxylation sites is 1. The fourth-order valence-electron chi connectivity index (χ4n) is 2.12. The molecule has 0 saturated carbocycles. The molecule has 142 valence electrons. The third-order valence-electron chi connectivity index (χ3n) is 3.48. The first-order valence-electron chi connectivity index (χ1n) is 7.31. The number of nitrogens with one attached hydrogen (secondary N) is 1. The number of sulfonamides is 1. The molecule has 0 bridgehead atoms. The molecule has 2 rings (SSSR count). The number of nitro benzene ring substituents is 2. The average molecular weight is 394 g/mol. The summed E-state index contributed by atoms with van der Waals surface area (Å²) in [6, 6.07) is 8.02. The first-order valence-corrected chi connectivity index (χ1v) is 8.75. The van der Waals surface area contributed by atoms with E-state index in [4.69, 9.17) is 0 Å². The summed E-state index contributed by atoms with van der Waals surface area (Å²) in [6.45, 7) is 0. The average Bonchev–Trinajstić information content (AvgIpc) is 2.61. The predicted molar refractivity (Wildman–Crippen MR) is 95.0 cm³/mol. The standard InChI is InChI=1S/C15H14N4O7S/c1-17(2)27(25,26)14-6-4-3-5-13(14)16-15(20)10-7-11(18(21)22)9-12(8-10)19(23)24/h3-9H,1-2H3,(H,16,20). The molecule has 0 aliphatic carbocycles. The van der Waals surface area contributed by atoms with E-state index in [0.29, 0.717) is 0 Å². The number of amides is 1. The van der Waals surface area contributed by atoms with E-state index in [2.05, 4.69) is 5.32 Å². The van der Waals surface area contributed by atoms with Crippen molar-refractivity contribution in [2.45, 2.75) is 4.90 Å². The first kappa shape index (κ1) is 19.9. The molecule has 2 aromatic rings. The van der Waals surface area contributed by atoms with Crippen LogP contribution < -0.4 is 5.32 Å². The number of nitro groups is 2. The van der Waals surface area contributed by atoms with Crippen LogP contribution >= 0.6 is 0 Å². The monoisotopic (exact) mass is 394 g/mol. The van der Waals surface area contributed by atoms with Crippen LogP contribution in [0.15, 0.2) is 47.4 Å². The van der Waals surface area contributed by atoms with E-state index in [1.54, 1.807) is 0 Å². The topological polar surface area (TPSA) is 153 Å². The zero-order valence-corrected chi connectivity index (χ0v) is 15.0. The maximum absolute atomic E-state index is 12.4. The Labute approximate surface area is 153 Å². The summed E-state index contributed by atoms with van der Waals surface area (Å²) < 4.78 is 25.7. The number of carbonyl (C=O) groups excluding carboxylic acids is 1. The van der Waals surface area contributed by atoms with Gasteiger partial charge in [-0.1, -0.05) is 12.1 Å². The number of anilines is 1. The number of hydrogen-bond acceptors (Lipinski definition) is 7. The Morgan fingerprint density at radius 2 is 1.52 bits per heavy atom. The Kier molecular flexibility index (Phi) is 5.52. The minimum atomic E-state index is -3.88. The van der Waals surface area contributed by atoms with E-state index < -0.39 is 37.2 Å². The zero-order chi connectivity index (χ0) is 20.4. The van der Waals surface area contributed by atoms with Crippen LogP contribution in [-0.2, 0) is 10.0 Å². The summed E-state index contributed by atoms with van der Waals surface area (Å²) in [7, 11) is -1.24. The first-order chi connectivity index (χ1) is 12.5. The van der Waals surface area contributed by atoms with E-state index >= 15 is 0 Å². The van der Waals surface area contributed by atoms with Gasteiger partial charge in [0.05, 0.1) is 27.2 Å². The number of non-ortho nitro benzene ring substituents is 2. The summed E-state index contributed by atoms with van der Waals surface area (Å²) in [5.41, 5.74) is -1.69. The second-order valence-electron chi connectivity index (χ2n) is 5.49. The molecule has 0 atom stereocenters. The van der Waals surface area contributed by atoms with E-state index in [-0.39, 0.29) is 16.1 Å². The second kappa shape index (κ2) is 7.47. The molecule has 0 heterocycles. The fraction of sp³-hybridized carbons (Fsp3) is 0.133. The molecule has 0 aromatic heterocycles. The maximum atomic E-state index is 12.4. The lowest BCUT2D eigenvalue weighted by atomic mass is 10.1. The molecule has 0 aliphatic rings. The normalized spacial score (nSPS) is 11.2. The van der Waals surface area contributed by atoms with Gasteiger partial charge in [0.1, 0.15) is 4.90 Å². The summed E-state index contributed by atoms with van der Waals surface area (Å²) in [5, 5.41) is 24.2. The molecule has 0 spiro atoms. The van der Waals surface area contributed by atoms with Gasteiger partial charge < -0.3 is 5.32 Å². The SMILES string of the molecule is CN(C)S(=O)(=O)c1ccccc1NC(=O)c1cc([N+](=O)[O-])cc([N+](=O)[O-])c1. The zero-order valence-electron chi connectivity index (χ0n) is 14.1. The molecule has 1 N–H and O–H groups in total. The Balaban J connectivity index is 2.48. The van der Waals surface area contributed by atoms with Gasteiger partial charge in [-0.15, -0.1) is 0 Å². The minimum Gasteiger partial charge on any atom is -0.321 e. The van der Waals surface area contributed by atoms with Gasteiger partial charge in [0.15, 0.2) is 0 Å². The van der Waals surface area contributed by atoms with Crippen LogP contribution in [0.2, 0.25) is 0 Å². The highest BCUT2D eigenvalue weighted by molar-refractivity contribution is 7.89. The molecule has 0 saturated heterocycles. The molecular weight excluding hydrogens is 380 g/mol. The van der Waals surface area contributed by atoms with Gasteiger partial charge in [-0.05, 0) is 12.1 Å². The van der Waals surface area contributed by atoms with Gasteiger partial charge in [0.25, 0.3) is 17.3 Å². The molecule has 11 nitrogen and oxygen atoms in total. The molecule has 2 aromatic carbocycles. The summed E-state index contributed by atoms with van der Waals surface area (Å²) >= 11 is 0. The number of benzene rings is 2. The van der Waals surface area contributed by atoms with Crippen LogP contribution in [-0.4, -0.2) is 42.6 Å². The Morgan fingerprint density at radius 1 is 1.00 bits per heavy atom. The molecule has 0 radical (unpaired) electrons. The van der Waals surface area contributed by atoms with Crippen molar-refractivity contribution in [2.24, 2.45) is 0 Å². The Morgan fingerprint density at radius 3 is 2.00 bits per heavy atom. The summed E-state index contributed by atoms with van der Waals surface area (Å²) in [4.78, 5) is 32.4. The van der Waals surface area contributed by atoms with Crippen LogP contribution in [0.25, 0.3) is 0 Å². The number of hydrogen-bond donors (Lipinski definition) is 1. The van der Waals surface area contributed by atoms with Crippen molar-refractivity contribution in [3.05, 3.63) is 68.3 Å². The van der Waals surface area contributed by atoms with Crippen molar-refractivity contribution in [3.8, 4) is 0 Å². The van der Waals surface area contributed by atoms with Gasteiger partial charge in [-0.3, -0.25) is 25.0 Å². The van der Waals surface area contributed by atoms with E-state index in [1.807, 2.05) is 0 Å². The molecular formula is C15H14N4O7S. The molecule has 27 heavy (non-hydrogen) atoms. The minimum absolute atomic E-state index is 0.0645. The number of carbonyl (C=O) groups is 1. The van der Waals surface area contributed by atoms with Crippen molar-refractivity contribution in [3.63, 3.8) is 0 Å². The third kappa shape index (κ3) is 4.24. The highest BCUT2D eigenvalue weighted by Gasteiger charge is 2.24. The Hall–Kier alpha value is -3.38. The smallest absolute Gasteiger partial charge is 0.277 e. The van der Waals surface area contributed by atoms with Crippen molar-refractivity contribution < 1.29 is 23.1 Å². The van der Waals surface area contributed by atoms with E-state index in [0.717, 1.165) is 22.5 Å². The van der Waals surface area contributed by atoms with Crippen molar-refractivity contribution in [1.29, 1.82) is 0 Å². The summed E-state index contributed by atoms with van der Waals surface area (Å²) in [5.74, 6) is -0.928. The van der Waals surface area contributed by atoms with Crippen LogP contribution in [0.4, 0.5) is 17.1 Å². The highest BCUT2D eigenvalue weighted by atomic mass is 32.2.